The summed E-state index contributed by atoms with van der Waals surface area (Å²) in [6.07, 6.45) is 0.458. The van der Waals surface area contributed by atoms with Crippen LogP contribution in [-0.4, -0.2) is 12.3 Å². The first-order valence-corrected chi connectivity index (χ1v) is 8.20. The number of rotatable bonds is 7. The zero-order chi connectivity index (χ0) is 17.3. The van der Waals surface area contributed by atoms with Gasteiger partial charge in [0.15, 0.2) is 5.78 Å². The van der Waals surface area contributed by atoms with Crippen LogP contribution in [-0.2, 0) is 0 Å². The molecule has 0 aromatic heterocycles. The lowest BCUT2D eigenvalue weighted by Gasteiger charge is -2.06. The average Bonchev–Trinajstić information content (AvgIpc) is 2.69. The smallest absolute Gasteiger partial charge is 0.164 e. The number of azo groups is 1. The van der Waals surface area contributed by atoms with Gasteiger partial charge in [0.2, 0.25) is 0 Å². The summed E-state index contributed by atoms with van der Waals surface area (Å²) in [5.74, 6) is 0.140. The summed E-state index contributed by atoms with van der Waals surface area (Å²) < 4.78 is 0. The van der Waals surface area contributed by atoms with Gasteiger partial charge in [-0.1, -0.05) is 48.5 Å². The fraction of sp³-hybridized carbons (Fsp3) is 0.0952. The molecule has 3 rings (SSSR count). The topological polar surface area (TPSA) is 53.8 Å². The number of anilines is 1. The van der Waals surface area contributed by atoms with Gasteiger partial charge in [0.1, 0.15) is 0 Å². The lowest BCUT2D eigenvalue weighted by Crippen LogP contribution is -2.08. The van der Waals surface area contributed by atoms with Crippen LogP contribution in [0.5, 0.6) is 0 Å². The van der Waals surface area contributed by atoms with Crippen molar-refractivity contribution in [1.29, 1.82) is 0 Å². The molecule has 0 saturated carbocycles. The van der Waals surface area contributed by atoms with Crippen molar-refractivity contribution >= 4 is 22.8 Å². The lowest BCUT2D eigenvalue weighted by molar-refractivity contribution is 0.0986. The molecule has 0 fully saturated rings. The Kier molecular flexibility index (Phi) is 5.67. The lowest BCUT2D eigenvalue weighted by atomic mass is 10.1. The van der Waals surface area contributed by atoms with Gasteiger partial charge < -0.3 is 5.32 Å². The van der Waals surface area contributed by atoms with Crippen LogP contribution in [0.1, 0.15) is 16.8 Å². The molecule has 0 unspecified atom stereocenters. The van der Waals surface area contributed by atoms with Crippen molar-refractivity contribution in [2.45, 2.75) is 6.42 Å². The Morgan fingerprint density at radius 1 is 0.720 bits per heavy atom. The van der Waals surface area contributed by atoms with E-state index in [1.807, 2.05) is 84.9 Å². The molecule has 0 bridgehead atoms. The summed E-state index contributed by atoms with van der Waals surface area (Å²) in [6, 6.07) is 26.6. The largest absolute Gasteiger partial charge is 0.385 e. The van der Waals surface area contributed by atoms with Gasteiger partial charge in [-0.05, 0) is 36.4 Å². The Hall–Kier alpha value is -3.27. The van der Waals surface area contributed by atoms with Crippen LogP contribution in [0.4, 0.5) is 17.1 Å². The number of carbonyl (C=O) groups excluding carboxylic acids is 1. The van der Waals surface area contributed by atoms with E-state index in [4.69, 9.17) is 0 Å². The van der Waals surface area contributed by atoms with Crippen molar-refractivity contribution in [1.82, 2.24) is 0 Å². The van der Waals surface area contributed by atoms with Crippen LogP contribution in [0.15, 0.2) is 95.2 Å². The van der Waals surface area contributed by atoms with Crippen LogP contribution in [0.2, 0.25) is 0 Å². The Morgan fingerprint density at radius 3 is 1.92 bits per heavy atom. The fourth-order valence-corrected chi connectivity index (χ4v) is 2.34. The van der Waals surface area contributed by atoms with Crippen molar-refractivity contribution in [2.75, 3.05) is 11.9 Å². The van der Waals surface area contributed by atoms with Crippen molar-refractivity contribution in [3.8, 4) is 0 Å². The highest BCUT2D eigenvalue weighted by atomic mass is 16.1. The quantitative estimate of drug-likeness (QED) is 0.441. The minimum absolute atomic E-state index is 0.140. The van der Waals surface area contributed by atoms with Gasteiger partial charge in [-0.3, -0.25) is 4.79 Å². The highest BCUT2D eigenvalue weighted by Crippen LogP contribution is 2.20. The number of carbonyl (C=O) groups is 1. The zero-order valence-corrected chi connectivity index (χ0v) is 13.8. The van der Waals surface area contributed by atoms with E-state index in [0.29, 0.717) is 13.0 Å². The first-order chi connectivity index (χ1) is 12.3. The molecule has 0 amide bonds. The molecule has 0 atom stereocenters. The van der Waals surface area contributed by atoms with Crippen LogP contribution in [0.3, 0.4) is 0 Å². The van der Waals surface area contributed by atoms with E-state index >= 15 is 0 Å². The van der Waals surface area contributed by atoms with Gasteiger partial charge >= 0.3 is 0 Å². The van der Waals surface area contributed by atoms with Gasteiger partial charge in [0.05, 0.1) is 11.4 Å². The number of ketones is 1. The van der Waals surface area contributed by atoms with E-state index in [1.165, 1.54) is 0 Å². The van der Waals surface area contributed by atoms with Gasteiger partial charge in [-0.2, -0.15) is 10.2 Å². The average molecular weight is 329 g/mol. The SMILES string of the molecule is O=C(CCNc1ccc(N=Nc2ccccc2)cc1)c1ccccc1. The van der Waals surface area contributed by atoms with Crippen molar-refractivity contribution in [3.63, 3.8) is 0 Å². The number of hydrogen-bond acceptors (Lipinski definition) is 4. The van der Waals surface area contributed by atoms with E-state index in [9.17, 15) is 4.79 Å². The van der Waals surface area contributed by atoms with E-state index in [-0.39, 0.29) is 5.78 Å². The minimum Gasteiger partial charge on any atom is -0.385 e. The molecule has 0 aliphatic carbocycles. The third-order valence-corrected chi connectivity index (χ3v) is 3.68. The molecule has 0 aliphatic rings. The van der Waals surface area contributed by atoms with Crippen molar-refractivity contribution < 1.29 is 4.79 Å². The van der Waals surface area contributed by atoms with Gasteiger partial charge in [0.25, 0.3) is 0 Å². The zero-order valence-electron chi connectivity index (χ0n) is 13.8. The minimum atomic E-state index is 0.140. The maximum Gasteiger partial charge on any atom is 0.164 e. The van der Waals surface area contributed by atoms with E-state index in [2.05, 4.69) is 15.5 Å². The first-order valence-electron chi connectivity index (χ1n) is 8.20. The highest BCUT2D eigenvalue weighted by Gasteiger charge is 2.04. The molecule has 4 nitrogen and oxygen atoms in total. The summed E-state index contributed by atoms with van der Waals surface area (Å²) in [7, 11) is 0. The standard InChI is InChI=1S/C21H19N3O/c25-21(17-7-3-1-4-8-17)15-16-22-18-11-13-20(14-12-18)24-23-19-9-5-2-6-10-19/h1-14,22H,15-16H2. The molecule has 0 saturated heterocycles. The Balaban J connectivity index is 1.49. The second kappa shape index (κ2) is 8.55. The molecular weight excluding hydrogens is 310 g/mol. The normalized spacial score (nSPS) is 10.7. The molecule has 3 aromatic rings. The molecule has 1 N–H and O–H groups in total. The van der Waals surface area contributed by atoms with E-state index < -0.39 is 0 Å². The fourth-order valence-electron chi connectivity index (χ4n) is 2.34. The Labute approximate surface area is 147 Å². The second-order valence-electron chi connectivity index (χ2n) is 5.55. The number of benzene rings is 3. The molecule has 0 spiro atoms. The number of Topliss-reactive ketones (excluding diaryl/α,β-unsaturated/α-hetero) is 1. The molecule has 0 radical (unpaired) electrons. The van der Waals surface area contributed by atoms with Crippen LogP contribution in [0.25, 0.3) is 0 Å². The van der Waals surface area contributed by atoms with Gasteiger partial charge in [-0.15, -0.1) is 0 Å². The van der Waals surface area contributed by atoms with Crippen molar-refractivity contribution in [2.24, 2.45) is 10.2 Å². The van der Waals surface area contributed by atoms with E-state index in [1.54, 1.807) is 0 Å². The Bertz CT molecular complexity index is 828. The number of hydrogen-bond donors (Lipinski definition) is 1. The third kappa shape index (κ3) is 5.11. The Morgan fingerprint density at radius 2 is 1.28 bits per heavy atom. The van der Waals surface area contributed by atoms with Gasteiger partial charge in [-0.25, -0.2) is 0 Å². The second-order valence-corrected chi connectivity index (χ2v) is 5.55. The van der Waals surface area contributed by atoms with Gasteiger partial charge in [0, 0.05) is 24.2 Å². The first kappa shape index (κ1) is 16.6. The van der Waals surface area contributed by atoms with E-state index in [0.717, 1.165) is 22.6 Å². The van der Waals surface area contributed by atoms with Crippen LogP contribution < -0.4 is 5.32 Å². The maximum atomic E-state index is 12.0. The summed E-state index contributed by atoms with van der Waals surface area (Å²) >= 11 is 0. The number of nitrogens with one attached hydrogen (secondary N) is 1. The number of nitrogens with zero attached hydrogens (tertiary/aromatic N) is 2. The van der Waals surface area contributed by atoms with Crippen LogP contribution in [0, 0.1) is 0 Å². The molecule has 124 valence electrons. The molecule has 3 aromatic carbocycles. The molecule has 4 heteroatoms. The molecule has 0 heterocycles. The summed E-state index contributed by atoms with van der Waals surface area (Å²) in [5, 5.41) is 11.6. The predicted octanol–water partition coefficient (Wildman–Crippen LogP) is 5.79. The summed E-state index contributed by atoms with van der Waals surface area (Å²) in [6.45, 7) is 0.596. The molecule has 25 heavy (non-hydrogen) atoms. The molecular formula is C21H19N3O. The highest BCUT2D eigenvalue weighted by molar-refractivity contribution is 5.96. The molecule has 0 aliphatic heterocycles. The summed E-state index contributed by atoms with van der Waals surface area (Å²) in [5.41, 5.74) is 3.32. The monoisotopic (exact) mass is 329 g/mol. The summed E-state index contributed by atoms with van der Waals surface area (Å²) in [4.78, 5) is 12.0. The third-order valence-electron chi connectivity index (χ3n) is 3.68. The van der Waals surface area contributed by atoms with Crippen molar-refractivity contribution in [3.05, 3.63) is 90.5 Å². The van der Waals surface area contributed by atoms with Crippen LogP contribution >= 0.6 is 0 Å². The maximum absolute atomic E-state index is 12.0. The predicted molar refractivity (Wildman–Crippen MR) is 101 cm³/mol.